The van der Waals surface area contributed by atoms with E-state index in [4.69, 9.17) is 5.73 Å². The number of piperazine rings is 1. The predicted molar refractivity (Wildman–Crippen MR) is 70.2 cm³/mol. The summed E-state index contributed by atoms with van der Waals surface area (Å²) in [7, 11) is 3.82. The van der Waals surface area contributed by atoms with Crippen LogP contribution in [0.1, 0.15) is 24.2 Å². The molecular weight excluding hydrogens is 230 g/mol. The molecule has 1 aliphatic heterocycles. The first-order valence-corrected chi connectivity index (χ1v) is 6.11. The molecule has 1 aromatic rings. The van der Waals surface area contributed by atoms with Crippen LogP contribution >= 0.6 is 0 Å². The van der Waals surface area contributed by atoms with Gasteiger partial charge in [-0.05, 0) is 20.9 Å². The van der Waals surface area contributed by atoms with Gasteiger partial charge in [-0.25, -0.2) is 0 Å². The maximum absolute atomic E-state index is 12.4. The highest BCUT2D eigenvalue weighted by atomic mass is 16.2. The molecule has 1 saturated heterocycles. The average Bonchev–Trinajstić information content (AvgIpc) is 2.63. The summed E-state index contributed by atoms with van der Waals surface area (Å²) in [5.41, 5.74) is 6.34. The number of anilines is 1. The van der Waals surface area contributed by atoms with Gasteiger partial charge in [0.1, 0.15) is 11.4 Å². The Bertz CT molecular complexity index is 465. The minimum Gasteiger partial charge on any atom is -0.383 e. The number of carbonyl (C=O) groups excluding carboxylic acids is 1. The molecule has 0 unspecified atom stereocenters. The van der Waals surface area contributed by atoms with Crippen molar-refractivity contribution in [3.63, 3.8) is 0 Å². The molecule has 2 N–H and O–H groups in total. The van der Waals surface area contributed by atoms with Crippen molar-refractivity contribution in [1.29, 1.82) is 0 Å². The SMILES string of the molecule is CN1CCN(C(=O)c2cnn(C)c2N)CC1(C)C. The van der Waals surface area contributed by atoms with Crippen molar-refractivity contribution in [1.82, 2.24) is 19.6 Å². The van der Waals surface area contributed by atoms with E-state index in [1.54, 1.807) is 13.2 Å². The Morgan fingerprint density at radius 1 is 1.39 bits per heavy atom. The van der Waals surface area contributed by atoms with Crippen LogP contribution in [0.2, 0.25) is 0 Å². The first kappa shape index (κ1) is 12.9. The summed E-state index contributed by atoms with van der Waals surface area (Å²) in [6.45, 7) is 6.58. The quantitative estimate of drug-likeness (QED) is 0.772. The van der Waals surface area contributed by atoms with Crippen molar-refractivity contribution in [2.45, 2.75) is 19.4 Å². The Balaban J connectivity index is 2.18. The number of aromatic nitrogens is 2. The van der Waals surface area contributed by atoms with Crippen molar-refractivity contribution in [2.24, 2.45) is 7.05 Å². The van der Waals surface area contributed by atoms with Crippen LogP contribution in [0.4, 0.5) is 5.82 Å². The van der Waals surface area contributed by atoms with E-state index in [-0.39, 0.29) is 11.4 Å². The minimum atomic E-state index is -0.0261. The van der Waals surface area contributed by atoms with E-state index in [1.165, 1.54) is 4.68 Å². The van der Waals surface area contributed by atoms with Gasteiger partial charge < -0.3 is 10.6 Å². The van der Waals surface area contributed by atoms with Gasteiger partial charge in [-0.15, -0.1) is 0 Å². The van der Waals surface area contributed by atoms with E-state index >= 15 is 0 Å². The largest absolute Gasteiger partial charge is 0.383 e. The van der Waals surface area contributed by atoms with Crippen LogP contribution in [0, 0.1) is 0 Å². The van der Waals surface area contributed by atoms with Crippen molar-refractivity contribution >= 4 is 11.7 Å². The van der Waals surface area contributed by atoms with E-state index < -0.39 is 0 Å². The van der Waals surface area contributed by atoms with Gasteiger partial charge in [-0.2, -0.15) is 5.10 Å². The lowest BCUT2D eigenvalue weighted by molar-refractivity contribution is 0.0312. The van der Waals surface area contributed by atoms with Gasteiger partial charge >= 0.3 is 0 Å². The maximum Gasteiger partial charge on any atom is 0.259 e. The standard InChI is InChI=1S/C12H21N5O/c1-12(2)8-17(6-5-15(12)3)11(18)9-7-14-16(4)10(9)13/h7H,5-6,8,13H2,1-4H3. The number of amides is 1. The highest BCUT2D eigenvalue weighted by molar-refractivity contribution is 5.98. The van der Waals surface area contributed by atoms with Crippen molar-refractivity contribution in [3.8, 4) is 0 Å². The fourth-order valence-electron chi connectivity index (χ4n) is 2.20. The Hall–Kier alpha value is -1.56. The normalized spacial score (nSPS) is 20.1. The predicted octanol–water partition coefficient (Wildman–Crippen LogP) is 0.169. The fourth-order valence-corrected chi connectivity index (χ4v) is 2.20. The molecule has 18 heavy (non-hydrogen) atoms. The zero-order valence-corrected chi connectivity index (χ0v) is 11.5. The molecule has 0 saturated carbocycles. The van der Waals surface area contributed by atoms with Gasteiger partial charge in [0, 0.05) is 32.2 Å². The topological polar surface area (TPSA) is 67.4 Å². The summed E-state index contributed by atoms with van der Waals surface area (Å²) in [6, 6.07) is 0. The number of nitrogens with two attached hydrogens (primary N) is 1. The van der Waals surface area contributed by atoms with E-state index in [9.17, 15) is 4.79 Å². The number of rotatable bonds is 1. The lowest BCUT2D eigenvalue weighted by Gasteiger charge is -2.45. The maximum atomic E-state index is 12.4. The van der Waals surface area contributed by atoms with Crippen LogP contribution in [0.3, 0.4) is 0 Å². The van der Waals surface area contributed by atoms with Crippen LogP contribution in [-0.2, 0) is 7.05 Å². The second kappa shape index (κ2) is 4.28. The number of carbonyl (C=O) groups is 1. The number of hydrogen-bond donors (Lipinski definition) is 1. The monoisotopic (exact) mass is 251 g/mol. The third-order valence-electron chi connectivity index (χ3n) is 3.82. The van der Waals surface area contributed by atoms with E-state index in [0.717, 1.165) is 13.1 Å². The smallest absolute Gasteiger partial charge is 0.259 e. The first-order chi connectivity index (χ1) is 8.33. The lowest BCUT2D eigenvalue weighted by atomic mass is 9.99. The summed E-state index contributed by atoms with van der Waals surface area (Å²) in [5.74, 6) is 0.401. The summed E-state index contributed by atoms with van der Waals surface area (Å²) >= 11 is 0. The highest BCUT2D eigenvalue weighted by Crippen LogP contribution is 2.21. The average molecular weight is 251 g/mol. The molecule has 1 amide bonds. The first-order valence-electron chi connectivity index (χ1n) is 6.11. The number of aryl methyl sites for hydroxylation is 1. The van der Waals surface area contributed by atoms with Crippen LogP contribution in [0.15, 0.2) is 6.20 Å². The van der Waals surface area contributed by atoms with E-state index in [2.05, 4.69) is 30.9 Å². The molecular formula is C12H21N5O. The van der Waals surface area contributed by atoms with Gasteiger partial charge in [0.25, 0.3) is 5.91 Å². The van der Waals surface area contributed by atoms with Crippen LogP contribution in [0.25, 0.3) is 0 Å². The number of likely N-dealkylation sites (N-methyl/N-ethyl adjacent to an activating group) is 1. The summed E-state index contributed by atoms with van der Waals surface area (Å²) in [5, 5.41) is 4.02. The van der Waals surface area contributed by atoms with Gasteiger partial charge in [0.05, 0.1) is 6.20 Å². The molecule has 0 aromatic carbocycles. The molecule has 1 aliphatic rings. The zero-order valence-electron chi connectivity index (χ0n) is 11.5. The van der Waals surface area contributed by atoms with Crippen LogP contribution < -0.4 is 5.73 Å². The molecule has 6 heteroatoms. The third-order valence-corrected chi connectivity index (χ3v) is 3.82. The lowest BCUT2D eigenvalue weighted by Crippen LogP contribution is -2.58. The molecule has 0 bridgehead atoms. The summed E-state index contributed by atoms with van der Waals surface area (Å²) < 4.78 is 1.52. The number of nitrogens with zero attached hydrogens (tertiary/aromatic N) is 4. The third kappa shape index (κ3) is 2.08. The molecule has 100 valence electrons. The van der Waals surface area contributed by atoms with E-state index in [0.29, 0.717) is 17.9 Å². The van der Waals surface area contributed by atoms with Gasteiger partial charge in [-0.3, -0.25) is 14.4 Å². The summed E-state index contributed by atoms with van der Waals surface area (Å²) in [4.78, 5) is 16.5. The zero-order chi connectivity index (χ0) is 13.5. The number of hydrogen-bond acceptors (Lipinski definition) is 4. The molecule has 0 spiro atoms. The second-order valence-electron chi connectivity index (χ2n) is 5.53. The van der Waals surface area contributed by atoms with Gasteiger partial charge in [0.2, 0.25) is 0 Å². The molecule has 2 heterocycles. The van der Waals surface area contributed by atoms with Crippen molar-refractivity contribution < 1.29 is 4.79 Å². The van der Waals surface area contributed by atoms with Gasteiger partial charge in [0.15, 0.2) is 0 Å². The van der Waals surface area contributed by atoms with Crippen LogP contribution in [0.5, 0.6) is 0 Å². The Morgan fingerprint density at radius 2 is 2.06 bits per heavy atom. The Labute approximate surface area is 107 Å². The van der Waals surface area contributed by atoms with Crippen LogP contribution in [-0.4, -0.2) is 57.7 Å². The van der Waals surface area contributed by atoms with Crippen molar-refractivity contribution in [2.75, 3.05) is 32.4 Å². The number of nitrogen functional groups attached to an aromatic ring is 1. The second-order valence-corrected chi connectivity index (χ2v) is 5.53. The van der Waals surface area contributed by atoms with Gasteiger partial charge in [-0.1, -0.05) is 0 Å². The summed E-state index contributed by atoms with van der Waals surface area (Å²) in [6.07, 6.45) is 1.54. The highest BCUT2D eigenvalue weighted by Gasteiger charge is 2.34. The fraction of sp³-hybridized carbons (Fsp3) is 0.667. The molecule has 0 aliphatic carbocycles. The molecule has 6 nitrogen and oxygen atoms in total. The Kier molecular flexibility index (Phi) is 3.06. The molecule has 0 radical (unpaired) electrons. The molecule has 0 atom stereocenters. The molecule has 2 rings (SSSR count). The van der Waals surface area contributed by atoms with Crippen molar-refractivity contribution in [3.05, 3.63) is 11.8 Å². The molecule has 1 fully saturated rings. The minimum absolute atomic E-state index is 0.00905. The Morgan fingerprint density at radius 3 is 2.56 bits per heavy atom. The molecule has 1 aromatic heterocycles. The van der Waals surface area contributed by atoms with E-state index in [1.807, 2.05) is 4.90 Å².